The third kappa shape index (κ3) is 4.49. The van der Waals surface area contributed by atoms with Crippen LogP contribution in [-0.4, -0.2) is 43.6 Å². The maximum atomic E-state index is 13.0. The molecule has 1 N–H and O–H groups in total. The quantitative estimate of drug-likeness (QED) is 0.705. The van der Waals surface area contributed by atoms with Gasteiger partial charge in [0.05, 0.1) is 10.4 Å². The molecule has 0 aliphatic carbocycles. The fourth-order valence-corrected chi connectivity index (χ4v) is 4.11. The Balaban J connectivity index is 1.84. The first-order chi connectivity index (χ1) is 12.4. The molecule has 2 heterocycles. The van der Waals surface area contributed by atoms with Crippen LogP contribution in [0.3, 0.4) is 0 Å². The molecule has 1 fully saturated rings. The highest BCUT2D eigenvalue weighted by Crippen LogP contribution is 2.36. The Hall–Kier alpha value is -1.35. The van der Waals surface area contributed by atoms with Gasteiger partial charge in [-0.1, -0.05) is 23.7 Å². The van der Waals surface area contributed by atoms with E-state index in [9.17, 15) is 17.6 Å². The van der Waals surface area contributed by atoms with Crippen LogP contribution in [0, 0.1) is 0 Å². The van der Waals surface area contributed by atoms with Crippen molar-refractivity contribution in [1.29, 1.82) is 0 Å². The van der Waals surface area contributed by atoms with E-state index in [0.29, 0.717) is 4.34 Å². The maximum absolute atomic E-state index is 13.0. The summed E-state index contributed by atoms with van der Waals surface area (Å²) in [5.41, 5.74) is 0.859. The van der Waals surface area contributed by atoms with Gasteiger partial charge in [-0.3, -0.25) is 4.90 Å². The molecule has 1 aromatic carbocycles. The molecule has 0 radical (unpaired) electrons. The minimum atomic E-state index is -4.51. The highest BCUT2D eigenvalue weighted by molar-refractivity contribution is 7.16. The van der Waals surface area contributed by atoms with Gasteiger partial charge in [-0.05, 0) is 29.8 Å². The van der Waals surface area contributed by atoms with E-state index in [1.165, 1.54) is 23.5 Å². The third-order valence-electron chi connectivity index (χ3n) is 4.08. The number of ether oxygens (including phenoxy) is 1. The molecule has 0 saturated carbocycles. The van der Waals surface area contributed by atoms with Gasteiger partial charge in [-0.25, -0.2) is 0 Å². The second-order valence-electron chi connectivity index (χ2n) is 5.86. The van der Waals surface area contributed by atoms with E-state index >= 15 is 0 Å². The molecular weight excluding hydrogens is 392 g/mol. The molecule has 9 heteroatoms. The first-order valence-electron chi connectivity index (χ1n) is 8.02. The van der Waals surface area contributed by atoms with E-state index in [1.54, 1.807) is 12.1 Å². The van der Waals surface area contributed by atoms with Crippen LogP contribution >= 0.6 is 22.9 Å². The van der Waals surface area contributed by atoms with Crippen molar-refractivity contribution in [1.82, 2.24) is 10.2 Å². The molecule has 1 atom stereocenters. The van der Waals surface area contributed by atoms with Crippen molar-refractivity contribution in [2.75, 3.05) is 26.2 Å². The number of nitrogens with one attached hydrogen (secondary N) is 1. The second-order valence-corrected chi connectivity index (χ2v) is 7.61. The Labute approximate surface area is 157 Å². The van der Waals surface area contributed by atoms with Crippen molar-refractivity contribution in [3.05, 3.63) is 51.2 Å². The number of hydrogen-bond donors (Lipinski definition) is 1. The van der Waals surface area contributed by atoms with E-state index < -0.39 is 12.5 Å². The van der Waals surface area contributed by atoms with Gasteiger partial charge in [0.1, 0.15) is 5.75 Å². The second kappa shape index (κ2) is 8.12. The number of thiophene rings is 1. The van der Waals surface area contributed by atoms with Crippen molar-refractivity contribution in [3.63, 3.8) is 0 Å². The SMILES string of the molecule is FC(F)C(F)(F)Oc1ccc([C@@H](c2ccc(Cl)s2)N2CCNCC2)cc1. The lowest BCUT2D eigenvalue weighted by molar-refractivity contribution is -0.253. The van der Waals surface area contributed by atoms with Crippen molar-refractivity contribution in [2.24, 2.45) is 0 Å². The Morgan fingerprint density at radius 3 is 2.27 bits per heavy atom. The fourth-order valence-electron chi connectivity index (χ4n) is 2.89. The summed E-state index contributed by atoms with van der Waals surface area (Å²) in [5, 5.41) is 3.28. The van der Waals surface area contributed by atoms with Crippen LogP contribution in [-0.2, 0) is 0 Å². The lowest BCUT2D eigenvalue weighted by Gasteiger charge is -2.34. The topological polar surface area (TPSA) is 24.5 Å². The average molecular weight is 409 g/mol. The van der Waals surface area contributed by atoms with Gasteiger partial charge in [0.2, 0.25) is 0 Å². The molecule has 142 valence electrons. The summed E-state index contributed by atoms with van der Waals surface area (Å²) < 4.78 is 55.4. The summed E-state index contributed by atoms with van der Waals surface area (Å²) in [4.78, 5) is 3.30. The molecule has 0 amide bonds. The molecule has 3 nitrogen and oxygen atoms in total. The first kappa shape index (κ1) is 19.4. The van der Waals surface area contributed by atoms with Crippen molar-refractivity contribution < 1.29 is 22.3 Å². The Morgan fingerprint density at radius 2 is 1.73 bits per heavy atom. The third-order valence-corrected chi connectivity index (χ3v) is 5.37. The molecule has 3 rings (SSSR count). The van der Waals surface area contributed by atoms with E-state index in [1.807, 2.05) is 12.1 Å². The highest BCUT2D eigenvalue weighted by Gasteiger charge is 2.44. The Morgan fingerprint density at radius 1 is 1.08 bits per heavy atom. The molecule has 1 aromatic heterocycles. The average Bonchev–Trinajstić information content (AvgIpc) is 3.03. The molecule has 0 spiro atoms. The number of rotatable bonds is 6. The van der Waals surface area contributed by atoms with Gasteiger partial charge in [0.15, 0.2) is 0 Å². The van der Waals surface area contributed by atoms with Gasteiger partial charge in [0.25, 0.3) is 0 Å². The summed E-state index contributed by atoms with van der Waals surface area (Å²) in [6.45, 7) is 3.33. The smallest absolute Gasteiger partial charge is 0.428 e. The zero-order chi connectivity index (χ0) is 18.7. The normalized spacial score (nSPS) is 17.5. The predicted molar refractivity (Wildman–Crippen MR) is 93.6 cm³/mol. The van der Waals surface area contributed by atoms with Gasteiger partial charge >= 0.3 is 12.5 Å². The molecule has 1 saturated heterocycles. The minimum absolute atomic E-state index is 0.0840. The van der Waals surface area contributed by atoms with E-state index in [2.05, 4.69) is 15.0 Å². The molecule has 2 aromatic rings. The number of piperazine rings is 1. The van der Waals surface area contributed by atoms with Gasteiger partial charge in [-0.15, -0.1) is 11.3 Å². The van der Waals surface area contributed by atoms with Crippen LogP contribution in [0.2, 0.25) is 4.34 Å². The summed E-state index contributed by atoms with van der Waals surface area (Å²) in [6.07, 6.45) is -8.40. The standard InChI is InChI=1S/C17H17ClF4N2OS/c18-14-6-5-13(26-14)15(24-9-7-23-8-10-24)11-1-3-12(4-2-11)25-17(21,22)16(19)20/h1-6,15-16,23H,7-10H2/t15-/m0/s1. The molecule has 26 heavy (non-hydrogen) atoms. The molecule has 1 aliphatic heterocycles. The summed E-state index contributed by atoms with van der Waals surface area (Å²) in [6, 6.07) is 9.49. The van der Waals surface area contributed by atoms with Crippen LogP contribution in [0.5, 0.6) is 5.75 Å². The summed E-state index contributed by atoms with van der Waals surface area (Å²) >= 11 is 7.53. The fraction of sp³-hybridized carbons (Fsp3) is 0.412. The monoisotopic (exact) mass is 408 g/mol. The van der Waals surface area contributed by atoms with E-state index in [-0.39, 0.29) is 11.8 Å². The van der Waals surface area contributed by atoms with E-state index in [4.69, 9.17) is 11.6 Å². The molecular formula is C17H17ClF4N2OS. The first-order valence-corrected chi connectivity index (χ1v) is 9.21. The largest absolute Gasteiger partial charge is 0.461 e. The van der Waals surface area contributed by atoms with E-state index in [0.717, 1.165) is 36.6 Å². The van der Waals surface area contributed by atoms with Gasteiger partial charge in [-0.2, -0.15) is 17.6 Å². The van der Waals surface area contributed by atoms with Crippen LogP contribution < -0.4 is 10.1 Å². The van der Waals surface area contributed by atoms with Crippen LogP contribution in [0.15, 0.2) is 36.4 Å². The zero-order valence-electron chi connectivity index (χ0n) is 13.6. The molecule has 0 unspecified atom stereocenters. The van der Waals surface area contributed by atoms with Crippen molar-refractivity contribution in [3.8, 4) is 5.75 Å². The van der Waals surface area contributed by atoms with Crippen molar-refractivity contribution >= 4 is 22.9 Å². The number of benzene rings is 1. The van der Waals surface area contributed by atoms with Crippen LogP contribution in [0.4, 0.5) is 17.6 Å². The predicted octanol–water partition coefficient (Wildman–Crippen LogP) is 4.63. The summed E-state index contributed by atoms with van der Waals surface area (Å²) in [5.74, 6) is -0.303. The summed E-state index contributed by atoms with van der Waals surface area (Å²) in [7, 11) is 0. The number of nitrogens with zero attached hydrogens (tertiary/aromatic N) is 1. The van der Waals surface area contributed by atoms with Gasteiger partial charge in [0, 0.05) is 31.1 Å². The minimum Gasteiger partial charge on any atom is -0.428 e. The zero-order valence-corrected chi connectivity index (χ0v) is 15.2. The lowest BCUT2D eigenvalue weighted by atomic mass is 10.0. The highest BCUT2D eigenvalue weighted by atomic mass is 35.5. The van der Waals surface area contributed by atoms with Crippen LogP contribution in [0.25, 0.3) is 0 Å². The number of hydrogen-bond acceptors (Lipinski definition) is 4. The Bertz CT molecular complexity index is 720. The maximum Gasteiger partial charge on any atom is 0.461 e. The molecule has 0 bridgehead atoms. The number of halogens is 5. The Kier molecular flexibility index (Phi) is 6.06. The number of alkyl halides is 4. The van der Waals surface area contributed by atoms with Crippen molar-refractivity contribution in [2.45, 2.75) is 18.6 Å². The van der Waals surface area contributed by atoms with Crippen LogP contribution in [0.1, 0.15) is 16.5 Å². The lowest BCUT2D eigenvalue weighted by Crippen LogP contribution is -2.45. The molecule has 1 aliphatic rings. The van der Waals surface area contributed by atoms with Gasteiger partial charge < -0.3 is 10.1 Å².